The number of nitro groups is 1. The first-order valence-electron chi connectivity index (χ1n) is 5.42. The molecule has 0 saturated heterocycles. The Labute approximate surface area is 114 Å². The first kappa shape index (κ1) is 15.2. The van der Waals surface area contributed by atoms with Crippen LogP contribution in [-0.2, 0) is 9.53 Å². The van der Waals surface area contributed by atoms with E-state index in [1.807, 2.05) is 5.32 Å². The maximum absolute atomic E-state index is 11.5. The molecular formula is C12H12N2O6. The van der Waals surface area contributed by atoms with Gasteiger partial charge < -0.3 is 9.47 Å². The number of nitrogens with zero attached hydrogens (tertiary/aromatic N) is 1. The number of rotatable bonds is 4. The number of nitro benzene ring substituents is 1. The highest BCUT2D eigenvalue weighted by molar-refractivity contribution is 6.02. The normalized spacial score (nSPS) is 10.6. The highest BCUT2D eigenvalue weighted by Crippen LogP contribution is 2.25. The summed E-state index contributed by atoms with van der Waals surface area (Å²) >= 11 is 0. The van der Waals surface area contributed by atoms with E-state index in [2.05, 4.69) is 4.74 Å². The predicted octanol–water partition coefficient (Wildman–Crippen LogP) is 1.76. The number of hydrogen-bond donors (Lipinski definition) is 1. The first-order valence-corrected chi connectivity index (χ1v) is 5.42. The molecule has 20 heavy (non-hydrogen) atoms. The van der Waals surface area contributed by atoms with Crippen LogP contribution < -0.4 is 10.1 Å². The van der Waals surface area contributed by atoms with Crippen LogP contribution in [0.5, 0.6) is 5.75 Å². The third-order valence-corrected chi connectivity index (χ3v) is 2.13. The average molecular weight is 280 g/mol. The molecule has 1 aromatic carbocycles. The number of ether oxygens (including phenoxy) is 2. The van der Waals surface area contributed by atoms with Crippen molar-refractivity contribution in [2.24, 2.45) is 0 Å². The second-order valence-electron chi connectivity index (χ2n) is 3.61. The highest BCUT2D eigenvalue weighted by Gasteiger charge is 2.18. The van der Waals surface area contributed by atoms with Crippen LogP contribution in [0.15, 0.2) is 36.1 Å². The molecule has 0 aromatic heterocycles. The molecule has 0 heterocycles. The zero-order valence-electron chi connectivity index (χ0n) is 10.8. The van der Waals surface area contributed by atoms with Gasteiger partial charge in [-0.25, -0.2) is 4.79 Å². The molecule has 0 radical (unpaired) electrons. The Kier molecular flexibility index (Phi) is 5.21. The smallest absolute Gasteiger partial charge is 0.419 e. The molecule has 8 nitrogen and oxygen atoms in total. The van der Waals surface area contributed by atoms with Gasteiger partial charge in [-0.15, -0.1) is 0 Å². The maximum atomic E-state index is 11.5. The molecular weight excluding hydrogens is 268 g/mol. The second kappa shape index (κ2) is 6.88. The monoisotopic (exact) mass is 280 g/mol. The minimum atomic E-state index is -1.12. The molecule has 106 valence electrons. The summed E-state index contributed by atoms with van der Waals surface area (Å²) < 4.78 is 9.34. The van der Waals surface area contributed by atoms with Crippen molar-refractivity contribution in [3.8, 4) is 5.75 Å². The summed E-state index contributed by atoms with van der Waals surface area (Å²) in [5.74, 6) is -0.980. The van der Waals surface area contributed by atoms with E-state index in [-0.39, 0.29) is 17.0 Å². The summed E-state index contributed by atoms with van der Waals surface area (Å²) in [6.45, 7) is 1.43. The fourth-order valence-corrected chi connectivity index (χ4v) is 1.24. The van der Waals surface area contributed by atoms with Crippen molar-refractivity contribution in [2.45, 2.75) is 6.92 Å². The summed E-state index contributed by atoms with van der Waals surface area (Å²) in [6.07, 6.45) is 0.0290. The summed E-state index contributed by atoms with van der Waals surface area (Å²) in [5, 5.41) is 12.6. The summed E-state index contributed by atoms with van der Waals surface area (Å²) in [5.41, 5.74) is -0.230. The van der Waals surface area contributed by atoms with Gasteiger partial charge in [0.05, 0.1) is 18.3 Å². The second-order valence-corrected chi connectivity index (χ2v) is 3.61. The quantitative estimate of drug-likeness (QED) is 0.389. The van der Waals surface area contributed by atoms with Gasteiger partial charge in [0.1, 0.15) is 0 Å². The Morgan fingerprint density at radius 2 is 2.00 bits per heavy atom. The molecule has 2 amide bonds. The predicted molar refractivity (Wildman–Crippen MR) is 68.0 cm³/mol. The number of carbonyl (C=O) groups is 2. The van der Waals surface area contributed by atoms with E-state index in [0.29, 0.717) is 0 Å². The molecule has 0 aliphatic heterocycles. The van der Waals surface area contributed by atoms with E-state index in [4.69, 9.17) is 4.74 Å². The SMILES string of the molecule is CO/C=C(\C)C(=O)NC(=O)Oc1ccccc1[N+](=O)[O-]. The molecule has 0 atom stereocenters. The van der Waals surface area contributed by atoms with Crippen molar-refractivity contribution >= 4 is 17.7 Å². The van der Waals surface area contributed by atoms with Crippen LogP contribution in [0.4, 0.5) is 10.5 Å². The number of carbonyl (C=O) groups excluding carboxylic acids is 2. The Morgan fingerprint density at radius 1 is 1.35 bits per heavy atom. The van der Waals surface area contributed by atoms with E-state index in [1.165, 1.54) is 38.3 Å². The number of nitrogens with one attached hydrogen (secondary N) is 1. The van der Waals surface area contributed by atoms with E-state index in [1.54, 1.807) is 0 Å². The van der Waals surface area contributed by atoms with Crippen LogP contribution >= 0.6 is 0 Å². The minimum Gasteiger partial charge on any atom is -0.504 e. The van der Waals surface area contributed by atoms with Gasteiger partial charge in [-0.2, -0.15) is 0 Å². The zero-order valence-corrected chi connectivity index (χ0v) is 10.8. The van der Waals surface area contributed by atoms with E-state index < -0.39 is 16.9 Å². The molecule has 1 N–H and O–H groups in total. The largest absolute Gasteiger partial charge is 0.504 e. The molecule has 8 heteroatoms. The molecule has 1 aromatic rings. The fourth-order valence-electron chi connectivity index (χ4n) is 1.24. The number of imide groups is 1. The average Bonchev–Trinajstić information content (AvgIpc) is 2.39. The number of benzene rings is 1. The van der Waals surface area contributed by atoms with Crippen LogP contribution in [0.1, 0.15) is 6.92 Å². The summed E-state index contributed by atoms with van der Waals surface area (Å²) in [6, 6.07) is 5.33. The molecule has 0 saturated carbocycles. The maximum Gasteiger partial charge on any atom is 0.419 e. The number of methoxy groups -OCH3 is 1. The van der Waals surface area contributed by atoms with Gasteiger partial charge >= 0.3 is 11.8 Å². The van der Waals surface area contributed by atoms with E-state index >= 15 is 0 Å². The number of amides is 2. The summed E-state index contributed by atoms with van der Waals surface area (Å²) in [4.78, 5) is 32.9. The standard InChI is InChI=1S/C12H12N2O6/c1-8(7-19-2)11(15)13-12(16)20-10-6-4-3-5-9(10)14(17)18/h3-7H,1-2H3,(H,13,15,16)/b8-7+. The van der Waals surface area contributed by atoms with Crippen LogP contribution in [0, 0.1) is 10.1 Å². The Hall–Kier alpha value is -2.90. The van der Waals surface area contributed by atoms with Gasteiger partial charge in [0.25, 0.3) is 5.91 Å². The molecule has 0 aliphatic rings. The Morgan fingerprint density at radius 3 is 2.60 bits per heavy atom. The van der Waals surface area contributed by atoms with Gasteiger partial charge in [-0.1, -0.05) is 12.1 Å². The fraction of sp³-hybridized carbons (Fsp3) is 0.167. The third kappa shape index (κ3) is 4.09. The van der Waals surface area contributed by atoms with Gasteiger partial charge in [-0.3, -0.25) is 20.2 Å². The lowest BCUT2D eigenvalue weighted by Crippen LogP contribution is -2.33. The Balaban J connectivity index is 2.75. The van der Waals surface area contributed by atoms with Crippen molar-refractivity contribution in [3.05, 3.63) is 46.2 Å². The molecule has 0 aliphatic carbocycles. The molecule has 0 unspecified atom stereocenters. The molecule has 0 spiro atoms. The van der Waals surface area contributed by atoms with Crippen molar-refractivity contribution in [2.75, 3.05) is 7.11 Å². The van der Waals surface area contributed by atoms with Gasteiger partial charge in [0.2, 0.25) is 5.75 Å². The van der Waals surface area contributed by atoms with Crippen LogP contribution in [-0.4, -0.2) is 24.0 Å². The third-order valence-electron chi connectivity index (χ3n) is 2.13. The minimum absolute atomic E-state index is 0.145. The van der Waals surface area contributed by atoms with Gasteiger partial charge in [-0.05, 0) is 13.0 Å². The van der Waals surface area contributed by atoms with Gasteiger partial charge in [0, 0.05) is 11.6 Å². The van der Waals surface area contributed by atoms with Crippen LogP contribution in [0.3, 0.4) is 0 Å². The van der Waals surface area contributed by atoms with Crippen molar-refractivity contribution in [3.63, 3.8) is 0 Å². The Bertz CT molecular complexity index is 567. The van der Waals surface area contributed by atoms with E-state index in [0.717, 1.165) is 6.26 Å². The number of para-hydroxylation sites is 2. The van der Waals surface area contributed by atoms with Crippen molar-refractivity contribution < 1.29 is 24.0 Å². The topological polar surface area (TPSA) is 108 Å². The lowest BCUT2D eigenvalue weighted by Gasteiger charge is -2.06. The van der Waals surface area contributed by atoms with Crippen LogP contribution in [0.25, 0.3) is 0 Å². The zero-order chi connectivity index (χ0) is 15.1. The van der Waals surface area contributed by atoms with Crippen molar-refractivity contribution in [1.29, 1.82) is 0 Å². The summed E-state index contributed by atoms with van der Waals surface area (Å²) in [7, 11) is 1.35. The first-order chi connectivity index (χ1) is 9.45. The van der Waals surface area contributed by atoms with Crippen molar-refractivity contribution in [1.82, 2.24) is 5.32 Å². The lowest BCUT2D eigenvalue weighted by atomic mass is 10.3. The molecule has 0 fully saturated rings. The number of hydrogen-bond acceptors (Lipinski definition) is 6. The van der Waals surface area contributed by atoms with Gasteiger partial charge in [0.15, 0.2) is 0 Å². The highest BCUT2D eigenvalue weighted by atomic mass is 16.6. The van der Waals surface area contributed by atoms with E-state index in [9.17, 15) is 19.7 Å². The molecule has 1 rings (SSSR count). The van der Waals surface area contributed by atoms with Crippen LogP contribution in [0.2, 0.25) is 0 Å². The lowest BCUT2D eigenvalue weighted by molar-refractivity contribution is -0.385. The molecule has 0 bridgehead atoms.